The van der Waals surface area contributed by atoms with E-state index in [1.807, 2.05) is 0 Å². The molecular weight excluding hydrogens is 316 g/mol. The van der Waals surface area contributed by atoms with E-state index in [4.69, 9.17) is 9.47 Å². The molecule has 0 bridgehead atoms. The van der Waals surface area contributed by atoms with Gasteiger partial charge in [0.05, 0.1) is 25.0 Å². The molecule has 0 saturated carbocycles. The van der Waals surface area contributed by atoms with Crippen molar-refractivity contribution in [3.05, 3.63) is 23.7 Å². The van der Waals surface area contributed by atoms with E-state index in [1.165, 1.54) is 0 Å². The number of nitrogens with zero attached hydrogens (tertiary/aromatic N) is 1. The molecule has 1 aliphatic carbocycles. The smallest absolute Gasteiger partial charge is 0.237 e. The number of amides is 1. The molecule has 5 nitrogen and oxygen atoms in total. The number of hydrogen-bond acceptors (Lipinski definition) is 4. The third kappa shape index (κ3) is 2.77. The molecule has 5 heteroatoms. The van der Waals surface area contributed by atoms with Crippen molar-refractivity contribution in [2.75, 3.05) is 33.9 Å². The second kappa shape index (κ2) is 7.02. The van der Waals surface area contributed by atoms with Crippen LogP contribution in [0.25, 0.3) is 0 Å². The third-order valence-corrected chi connectivity index (χ3v) is 6.54. The molecule has 1 N–H and O–H groups in total. The SMILES string of the molecule is CCC1(CC)C(OC)=CC2(C=C1OC)CCN(C1CCNCC1)C2=O. The molecule has 2 heterocycles. The van der Waals surface area contributed by atoms with Crippen LogP contribution >= 0.6 is 0 Å². The average molecular weight is 348 g/mol. The summed E-state index contributed by atoms with van der Waals surface area (Å²) in [7, 11) is 3.42. The molecular formula is C20H32N2O3. The summed E-state index contributed by atoms with van der Waals surface area (Å²) in [5, 5.41) is 3.38. The molecule has 3 rings (SSSR count). The van der Waals surface area contributed by atoms with Crippen LogP contribution in [0.3, 0.4) is 0 Å². The van der Waals surface area contributed by atoms with E-state index in [0.717, 1.165) is 63.3 Å². The van der Waals surface area contributed by atoms with E-state index in [1.54, 1.807) is 14.2 Å². The summed E-state index contributed by atoms with van der Waals surface area (Å²) in [4.78, 5) is 15.5. The first-order valence-electron chi connectivity index (χ1n) is 9.63. The fourth-order valence-corrected chi connectivity index (χ4v) is 4.88. The molecule has 1 spiro atoms. The minimum Gasteiger partial charge on any atom is -0.500 e. The molecule has 2 saturated heterocycles. The maximum atomic E-state index is 13.4. The molecule has 0 aromatic heterocycles. The van der Waals surface area contributed by atoms with E-state index < -0.39 is 5.41 Å². The van der Waals surface area contributed by atoms with Crippen molar-refractivity contribution < 1.29 is 14.3 Å². The summed E-state index contributed by atoms with van der Waals surface area (Å²) >= 11 is 0. The van der Waals surface area contributed by atoms with E-state index >= 15 is 0 Å². The van der Waals surface area contributed by atoms with Crippen molar-refractivity contribution in [3.63, 3.8) is 0 Å². The summed E-state index contributed by atoms with van der Waals surface area (Å²) in [6.45, 7) is 7.11. The van der Waals surface area contributed by atoms with Crippen LogP contribution in [0.1, 0.15) is 46.0 Å². The number of carbonyl (C=O) groups excluding carboxylic acids is 1. The lowest BCUT2D eigenvalue weighted by atomic mass is 9.68. The van der Waals surface area contributed by atoms with E-state index in [-0.39, 0.29) is 11.3 Å². The predicted octanol–water partition coefficient (Wildman–Crippen LogP) is 2.84. The normalized spacial score (nSPS) is 25.8. The zero-order chi connectivity index (χ0) is 18.1. The highest BCUT2D eigenvalue weighted by Crippen LogP contribution is 2.52. The molecule has 1 amide bonds. The van der Waals surface area contributed by atoms with E-state index in [2.05, 4.69) is 36.2 Å². The molecule has 0 radical (unpaired) electrons. The minimum absolute atomic E-state index is 0.212. The maximum Gasteiger partial charge on any atom is 0.237 e. The van der Waals surface area contributed by atoms with Gasteiger partial charge in [-0.1, -0.05) is 13.8 Å². The molecule has 0 unspecified atom stereocenters. The Labute approximate surface area is 151 Å². The van der Waals surface area contributed by atoms with Crippen LogP contribution < -0.4 is 5.32 Å². The minimum atomic E-state index is -0.602. The molecule has 2 fully saturated rings. The zero-order valence-corrected chi connectivity index (χ0v) is 16.1. The Bertz CT molecular complexity index is 547. The van der Waals surface area contributed by atoms with Crippen molar-refractivity contribution in [3.8, 4) is 0 Å². The second-order valence-corrected chi connectivity index (χ2v) is 7.48. The summed E-state index contributed by atoms with van der Waals surface area (Å²) < 4.78 is 11.6. The van der Waals surface area contributed by atoms with Gasteiger partial charge in [0, 0.05) is 12.6 Å². The lowest BCUT2D eigenvalue weighted by Crippen LogP contribution is -2.46. The van der Waals surface area contributed by atoms with Crippen molar-refractivity contribution in [1.29, 1.82) is 0 Å². The fraction of sp³-hybridized carbons (Fsp3) is 0.750. The van der Waals surface area contributed by atoms with Gasteiger partial charge in [-0.2, -0.15) is 0 Å². The molecule has 0 atom stereocenters. The van der Waals surface area contributed by atoms with Gasteiger partial charge < -0.3 is 19.7 Å². The first-order valence-corrected chi connectivity index (χ1v) is 9.63. The van der Waals surface area contributed by atoms with Gasteiger partial charge in [0.25, 0.3) is 0 Å². The monoisotopic (exact) mass is 348 g/mol. The van der Waals surface area contributed by atoms with Gasteiger partial charge in [-0.15, -0.1) is 0 Å². The van der Waals surface area contributed by atoms with Gasteiger partial charge in [-0.3, -0.25) is 4.79 Å². The number of methoxy groups -OCH3 is 2. The molecule has 0 aromatic carbocycles. The van der Waals surface area contributed by atoms with Gasteiger partial charge in [0.1, 0.15) is 11.5 Å². The first-order chi connectivity index (χ1) is 12.1. The highest BCUT2D eigenvalue weighted by Gasteiger charge is 2.53. The fourth-order valence-electron chi connectivity index (χ4n) is 4.88. The predicted molar refractivity (Wildman–Crippen MR) is 97.9 cm³/mol. The van der Waals surface area contributed by atoms with Crippen molar-refractivity contribution in [1.82, 2.24) is 10.2 Å². The summed E-state index contributed by atoms with van der Waals surface area (Å²) in [5.74, 6) is 1.99. The standard InChI is InChI=1S/C20H32N2O3/c1-5-20(6-2)16(24-3)13-19(14-17(20)25-4)9-12-22(18(19)23)15-7-10-21-11-8-15/h13-15,21H,5-12H2,1-4H3. The van der Waals surface area contributed by atoms with E-state index in [0.29, 0.717) is 6.04 Å². The Kier molecular flexibility index (Phi) is 5.14. The number of nitrogens with one attached hydrogen (secondary N) is 1. The largest absolute Gasteiger partial charge is 0.500 e. The number of ether oxygens (including phenoxy) is 2. The molecule has 0 aromatic rings. The van der Waals surface area contributed by atoms with Gasteiger partial charge in [-0.25, -0.2) is 0 Å². The number of piperidine rings is 1. The number of hydrogen-bond donors (Lipinski definition) is 1. The van der Waals surface area contributed by atoms with Crippen LogP contribution in [-0.2, 0) is 14.3 Å². The van der Waals surface area contributed by atoms with Crippen LogP contribution in [0, 0.1) is 10.8 Å². The Morgan fingerprint density at radius 1 is 1.12 bits per heavy atom. The van der Waals surface area contributed by atoms with Gasteiger partial charge in [-0.05, 0) is 57.3 Å². The van der Waals surface area contributed by atoms with Crippen molar-refractivity contribution >= 4 is 5.91 Å². The van der Waals surface area contributed by atoms with Crippen LogP contribution in [0.15, 0.2) is 23.7 Å². The number of rotatable bonds is 5. The first kappa shape index (κ1) is 18.3. The van der Waals surface area contributed by atoms with Crippen molar-refractivity contribution in [2.24, 2.45) is 10.8 Å². The summed E-state index contributed by atoms with van der Waals surface area (Å²) in [6, 6.07) is 0.357. The topological polar surface area (TPSA) is 50.8 Å². The molecule has 3 aliphatic rings. The summed E-state index contributed by atoms with van der Waals surface area (Å²) in [5.41, 5.74) is -0.855. The van der Waals surface area contributed by atoms with Gasteiger partial charge in [0.15, 0.2) is 0 Å². The molecule has 25 heavy (non-hydrogen) atoms. The molecule has 140 valence electrons. The zero-order valence-electron chi connectivity index (χ0n) is 16.1. The maximum absolute atomic E-state index is 13.4. The highest BCUT2D eigenvalue weighted by atomic mass is 16.5. The number of carbonyl (C=O) groups is 1. The van der Waals surface area contributed by atoms with Crippen molar-refractivity contribution in [2.45, 2.75) is 52.0 Å². The number of likely N-dealkylation sites (tertiary alicyclic amines) is 1. The summed E-state index contributed by atoms with van der Waals surface area (Å²) in [6.07, 6.45) is 8.85. The van der Waals surface area contributed by atoms with E-state index in [9.17, 15) is 4.79 Å². The van der Waals surface area contributed by atoms with Gasteiger partial charge in [0.2, 0.25) is 5.91 Å². The van der Waals surface area contributed by atoms with Crippen LogP contribution in [0.4, 0.5) is 0 Å². The quantitative estimate of drug-likeness (QED) is 0.830. The second-order valence-electron chi connectivity index (χ2n) is 7.48. The Morgan fingerprint density at radius 2 is 1.68 bits per heavy atom. The lowest BCUT2D eigenvalue weighted by Gasteiger charge is -2.41. The Morgan fingerprint density at radius 3 is 2.16 bits per heavy atom. The van der Waals surface area contributed by atoms with Crippen LogP contribution in [0.5, 0.6) is 0 Å². The van der Waals surface area contributed by atoms with Crippen LogP contribution in [0.2, 0.25) is 0 Å². The highest BCUT2D eigenvalue weighted by molar-refractivity contribution is 5.90. The Balaban J connectivity index is 1.96. The van der Waals surface area contributed by atoms with Crippen LogP contribution in [-0.4, -0.2) is 50.7 Å². The average Bonchev–Trinajstić information content (AvgIpc) is 2.98. The third-order valence-electron chi connectivity index (χ3n) is 6.54. The molecule has 2 aliphatic heterocycles. The van der Waals surface area contributed by atoms with Gasteiger partial charge >= 0.3 is 0 Å². The lowest BCUT2D eigenvalue weighted by molar-refractivity contribution is -0.135. The Hall–Kier alpha value is -1.49.